The van der Waals surface area contributed by atoms with Crippen molar-refractivity contribution in [2.75, 3.05) is 42.7 Å². The Hall–Kier alpha value is -4.62. The smallest absolute Gasteiger partial charge is 0.412 e. The van der Waals surface area contributed by atoms with Crippen LogP contribution in [0.25, 0.3) is 32.1 Å². The van der Waals surface area contributed by atoms with Crippen molar-refractivity contribution in [3.63, 3.8) is 0 Å². The minimum Gasteiger partial charge on any atom is -0.444 e. The van der Waals surface area contributed by atoms with Crippen molar-refractivity contribution in [3.8, 4) is 17.2 Å². The number of amides is 1. The van der Waals surface area contributed by atoms with Gasteiger partial charge in [-0.05, 0) is 64.0 Å². The predicted molar refractivity (Wildman–Crippen MR) is 194 cm³/mol. The number of nitriles is 1. The summed E-state index contributed by atoms with van der Waals surface area (Å²) in [6.45, 7) is 9.32. The predicted octanol–water partition coefficient (Wildman–Crippen LogP) is 7.25. The third-order valence-electron chi connectivity index (χ3n) is 8.97. The van der Waals surface area contributed by atoms with Gasteiger partial charge < -0.3 is 29.0 Å². The van der Waals surface area contributed by atoms with Crippen molar-refractivity contribution in [3.05, 3.63) is 51.4 Å². The van der Waals surface area contributed by atoms with Gasteiger partial charge in [-0.25, -0.2) is 14.2 Å². The Labute approximate surface area is 302 Å². The Balaban J connectivity index is 1.42. The molecule has 0 saturated carbocycles. The van der Waals surface area contributed by atoms with Crippen LogP contribution < -0.4 is 15.5 Å². The zero-order chi connectivity index (χ0) is 36.2. The molecule has 266 valence electrons. The maximum Gasteiger partial charge on any atom is 0.412 e. The quantitative estimate of drug-likeness (QED) is 0.165. The number of anilines is 3. The normalized spacial score (nSPS) is 15.9. The highest BCUT2D eigenvalue weighted by Gasteiger charge is 2.32. The van der Waals surface area contributed by atoms with E-state index in [2.05, 4.69) is 50.8 Å². The van der Waals surface area contributed by atoms with Gasteiger partial charge in [-0.2, -0.15) is 10.2 Å². The molecule has 2 aromatic carbocycles. The van der Waals surface area contributed by atoms with Gasteiger partial charge in [-0.3, -0.25) is 5.32 Å². The van der Waals surface area contributed by atoms with Crippen LogP contribution in [0.5, 0.6) is 0 Å². The van der Waals surface area contributed by atoms with Crippen LogP contribution in [-0.4, -0.2) is 70.0 Å². The van der Waals surface area contributed by atoms with Crippen molar-refractivity contribution in [1.82, 2.24) is 25.1 Å². The fourth-order valence-electron chi connectivity index (χ4n) is 6.55. The Kier molecular flexibility index (Phi) is 9.21. The zero-order valence-electron chi connectivity index (χ0n) is 29.1. The van der Waals surface area contributed by atoms with Crippen molar-refractivity contribution >= 4 is 66.8 Å². The Morgan fingerprint density at radius 2 is 1.96 bits per heavy atom. The van der Waals surface area contributed by atoms with E-state index in [4.69, 9.17) is 35.5 Å². The number of fused-ring (bicyclic) bond motifs is 4. The van der Waals surface area contributed by atoms with Crippen molar-refractivity contribution in [2.45, 2.75) is 71.9 Å². The largest absolute Gasteiger partial charge is 0.444 e. The molecule has 7 rings (SSSR count). The van der Waals surface area contributed by atoms with Crippen LogP contribution in [0.3, 0.4) is 0 Å². The van der Waals surface area contributed by atoms with E-state index in [0.717, 1.165) is 42.0 Å². The second-order valence-electron chi connectivity index (χ2n) is 13.7. The molecule has 1 amide bonds. The summed E-state index contributed by atoms with van der Waals surface area (Å²) in [5, 5.41) is 26.2. The third-order valence-corrected chi connectivity index (χ3v) is 10.4. The van der Waals surface area contributed by atoms with Crippen molar-refractivity contribution in [1.29, 1.82) is 5.26 Å². The fourth-order valence-corrected chi connectivity index (χ4v) is 7.97. The molecule has 0 spiro atoms. The molecule has 13 nitrogen and oxygen atoms in total. The molecule has 16 heteroatoms. The van der Waals surface area contributed by atoms with Gasteiger partial charge in [0, 0.05) is 36.5 Å². The second-order valence-corrected chi connectivity index (χ2v) is 15.1. The molecule has 3 aromatic heterocycles. The van der Waals surface area contributed by atoms with E-state index in [1.165, 1.54) is 6.07 Å². The van der Waals surface area contributed by atoms with E-state index in [1.807, 2.05) is 6.92 Å². The number of carbonyl (C=O) groups is 1. The standard InChI is InChI=1S/C35H37ClFN9O4S/c1-7-23-43-44-24(49-23)13-39-31-27-21-16-48-15-20(21)25(28(36)29(27)40-33(41-31)46-11-10-17(14-46)45(5)6)18-8-9-22(37)30-26(18)19(12-38)32(51-30)42-34(47)50-35(2,3)4/h8-9,17H,7,10-11,13-16H2,1-6H3,(H,42,47)(H,39,40,41)/t17-/m0/s1. The number of hydrogen-bond acceptors (Lipinski definition) is 13. The van der Waals surface area contributed by atoms with Gasteiger partial charge in [0.25, 0.3) is 0 Å². The first kappa shape index (κ1) is 34.8. The molecule has 1 fully saturated rings. The zero-order valence-corrected chi connectivity index (χ0v) is 30.7. The second kappa shape index (κ2) is 13.5. The number of carbonyl (C=O) groups excluding carboxylic acids is 1. The summed E-state index contributed by atoms with van der Waals surface area (Å²) in [5.74, 6) is 1.45. The summed E-state index contributed by atoms with van der Waals surface area (Å²) in [7, 11) is 4.11. The maximum absolute atomic E-state index is 15.5. The SMILES string of the molecule is CCc1nnc(CNc2nc(N3CC[C@H](N(C)C)C3)nc3c(Cl)c(-c4ccc(F)c5sc(NC(=O)OC(C)(C)C)c(C#N)c45)c4c(c23)COC4)o1. The Morgan fingerprint density at radius 3 is 2.65 bits per heavy atom. The molecule has 0 aliphatic carbocycles. The van der Waals surface area contributed by atoms with Crippen LogP contribution in [0.2, 0.25) is 5.02 Å². The highest BCUT2D eigenvalue weighted by molar-refractivity contribution is 7.23. The van der Waals surface area contributed by atoms with E-state index < -0.39 is 17.5 Å². The van der Waals surface area contributed by atoms with Crippen LogP contribution in [0.15, 0.2) is 16.5 Å². The summed E-state index contributed by atoms with van der Waals surface area (Å²) >= 11 is 8.39. The van der Waals surface area contributed by atoms with Crippen LogP contribution in [0.1, 0.15) is 62.6 Å². The molecule has 2 aliphatic rings. The number of aryl methyl sites for hydroxylation is 1. The molecule has 1 saturated heterocycles. The van der Waals surface area contributed by atoms with E-state index in [-0.39, 0.29) is 35.0 Å². The van der Waals surface area contributed by atoms with Gasteiger partial charge in [0.05, 0.1) is 45.9 Å². The number of thiophene rings is 1. The van der Waals surface area contributed by atoms with Gasteiger partial charge in [0.15, 0.2) is 0 Å². The van der Waals surface area contributed by atoms with Gasteiger partial charge in [-0.1, -0.05) is 24.6 Å². The number of hydrogen-bond donors (Lipinski definition) is 2. The summed E-state index contributed by atoms with van der Waals surface area (Å²) in [6.07, 6.45) is 0.809. The number of ether oxygens (including phenoxy) is 2. The van der Waals surface area contributed by atoms with Gasteiger partial charge in [0.1, 0.15) is 28.3 Å². The van der Waals surface area contributed by atoms with E-state index in [9.17, 15) is 10.1 Å². The van der Waals surface area contributed by atoms with Crippen molar-refractivity contribution in [2.24, 2.45) is 0 Å². The molecule has 0 bridgehead atoms. The van der Waals surface area contributed by atoms with E-state index >= 15 is 4.39 Å². The number of nitrogens with one attached hydrogen (secondary N) is 2. The van der Waals surface area contributed by atoms with Gasteiger partial charge in [0.2, 0.25) is 17.7 Å². The lowest BCUT2D eigenvalue weighted by atomic mass is 9.91. The number of aromatic nitrogens is 4. The number of benzene rings is 2. The van der Waals surface area contributed by atoms with Crippen LogP contribution in [0, 0.1) is 17.1 Å². The molecule has 2 N–H and O–H groups in total. The molecule has 1 atom stereocenters. The topological polar surface area (TPSA) is 155 Å². The Bertz CT molecular complexity index is 2230. The number of halogens is 2. The monoisotopic (exact) mass is 733 g/mol. The van der Waals surface area contributed by atoms with Gasteiger partial charge in [-0.15, -0.1) is 21.5 Å². The average Bonchev–Trinajstić information content (AvgIpc) is 3.90. The van der Waals surface area contributed by atoms with Crippen LogP contribution in [0.4, 0.5) is 26.0 Å². The minimum absolute atomic E-state index is 0.0997. The highest BCUT2D eigenvalue weighted by atomic mass is 35.5. The first-order valence-electron chi connectivity index (χ1n) is 16.6. The van der Waals surface area contributed by atoms with Crippen molar-refractivity contribution < 1.29 is 23.1 Å². The maximum atomic E-state index is 15.5. The average molecular weight is 734 g/mol. The summed E-state index contributed by atoms with van der Waals surface area (Å²) < 4.78 is 32.9. The molecule has 0 unspecified atom stereocenters. The molecule has 51 heavy (non-hydrogen) atoms. The summed E-state index contributed by atoms with van der Waals surface area (Å²) in [4.78, 5) is 27.2. The minimum atomic E-state index is -0.774. The van der Waals surface area contributed by atoms with Crippen LogP contribution in [-0.2, 0) is 35.7 Å². The Morgan fingerprint density at radius 1 is 1.20 bits per heavy atom. The number of nitrogens with zero attached hydrogens (tertiary/aromatic N) is 7. The first-order chi connectivity index (χ1) is 24.4. The fraction of sp³-hybridized carbons (Fsp3) is 0.429. The molecule has 5 aromatic rings. The molecular formula is C35H37ClFN9O4S. The molecule has 0 radical (unpaired) electrons. The lowest BCUT2D eigenvalue weighted by Gasteiger charge is -2.23. The lowest BCUT2D eigenvalue weighted by Crippen LogP contribution is -2.32. The van der Waals surface area contributed by atoms with E-state index in [0.29, 0.717) is 68.4 Å². The third kappa shape index (κ3) is 6.53. The van der Waals surface area contributed by atoms with Gasteiger partial charge >= 0.3 is 6.09 Å². The number of likely N-dealkylation sites (N-methyl/N-ethyl adjacent to an activating group) is 1. The highest BCUT2D eigenvalue weighted by Crippen LogP contribution is 2.50. The lowest BCUT2D eigenvalue weighted by molar-refractivity contribution is 0.0636. The number of rotatable bonds is 8. The van der Waals surface area contributed by atoms with E-state index in [1.54, 1.807) is 26.8 Å². The molecular weight excluding hydrogens is 697 g/mol. The first-order valence-corrected chi connectivity index (χ1v) is 17.8. The summed E-state index contributed by atoms with van der Waals surface area (Å²) in [6, 6.07) is 5.46. The molecule has 5 heterocycles. The van der Waals surface area contributed by atoms with Crippen LogP contribution >= 0.6 is 22.9 Å². The molecule has 2 aliphatic heterocycles. The summed E-state index contributed by atoms with van der Waals surface area (Å²) in [5.41, 5.74) is 2.50.